The summed E-state index contributed by atoms with van der Waals surface area (Å²) in [6.07, 6.45) is 3.30. The van der Waals surface area contributed by atoms with Crippen molar-refractivity contribution in [2.75, 3.05) is 9.80 Å². The molecule has 0 atom stereocenters. The molecular formula is C87H73BN4. The highest BCUT2D eigenvalue weighted by Crippen LogP contribution is 2.57. The first-order chi connectivity index (χ1) is 44.7. The van der Waals surface area contributed by atoms with Crippen molar-refractivity contribution in [3.63, 3.8) is 0 Å². The number of para-hydroxylation sites is 2. The SMILES string of the molecule is [C-]#[N+]c1ccc2c(c1)c1cc(C(C)(C)C)ccc1n2-c1ccc2c(c1)N(c1c(-c3ccccc3)cccc1-c1ccccc1)c1cc(C3CC(C)(C)CC(C)(C)C3)cc3c1B2c1ccc(-c2ccccc2)cc1N3c1c(-c2ccccc2)cccc1-c1ccccc1. The van der Waals surface area contributed by atoms with Gasteiger partial charge in [-0.05, 0) is 162 Å². The second-order valence-corrected chi connectivity index (χ2v) is 28.6. The summed E-state index contributed by atoms with van der Waals surface area (Å²) in [4.78, 5) is 9.42. The van der Waals surface area contributed by atoms with Crippen LogP contribution in [-0.2, 0) is 5.41 Å². The number of benzene rings is 12. The normalized spacial score (nSPS) is 14.8. The molecule has 444 valence electrons. The van der Waals surface area contributed by atoms with E-state index in [4.69, 9.17) is 6.57 Å². The summed E-state index contributed by atoms with van der Waals surface area (Å²) >= 11 is 0. The molecule has 3 heterocycles. The van der Waals surface area contributed by atoms with Gasteiger partial charge in [-0.3, -0.25) is 0 Å². The summed E-state index contributed by atoms with van der Waals surface area (Å²) in [6, 6.07) is 102. The molecule has 0 spiro atoms. The van der Waals surface area contributed by atoms with E-state index in [-0.39, 0.29) is 28.9 Å². The van der Waals surface area contributed by atoms with Crippen molar-refractivity contribution in [3.05, 3.63) is 296 Å². The molecule has 4 nitrogen and oxygen atoms in total. The molecular weight excluding hydrogens is 1110 g/mol. The summed E-state index contributed by atoms with van der Waals surface area (Å²) in [5.41, 5.74) is 29.0. The second-order valence-electron chi connectivity index (χ2n) is 28.6. The highest BCUT2D eigenvalue weighted by Gasteiger charge is 2.47. The molecule has 0 unspecified atom stereocenters. The Morgan fingerprint density at radius 3 is 1.32 bits per heavy atom. The molecule has 1 aliphatic carbocycles. The van der Waals surface area contributed by atoms with Gasteiger partial charge in [-0.25, -0.2) is 4.85 Å². The lowest BCUT2D eigenvalue weighted by Crippen LogP contribution is -2.61. The zero-order chi connectivity index (χ0) is 62.6. The van der Waals surface area contributed by atoms with Crippen LogP contribution >= 0.6 is 0 Å². The fourth-order valence-corrected chi connectivity index (χ4v) is 16.5. The van der Waals surface area contributed by atoms with E-state index in [0.717, 1.165) is 97.2 Å². The van der Waals surface area contributed by atoms with Gasteiger partial charge in [-0.15, -0.1) is 0 Å². The van der Waals surface area contributed by atoms with E-state index in [9.17, 15) is 0 Å². The Hall–Kier alpha value is -10.4. The topological polar surface area (TPSA) is 15.8 Å². The van der Waals surface area contributed by atoms with Crippen molar-refractivity contribution in [2.45, 2.75) is 79.1 Å². The summed E-state index contributed by atoms with van der Waals surface area (Å²) in [7, 11) is 0. The number of rotatable bonds is 9. The molecule has 0 radical (unpaired) electrons. The minimum Gasteiger partial charge on any atom is -0.310 e. The van der Waals surface area contributed by atoms with Gasteiger partial charge in [0.25, 0.3) is 6.71 Å². The molecule has 13 aromatic rings. The van der Waals surface area contributed by atoms with Gasteiger partial charge in [0, 0.05) is 56.1 Å². The molecule has 5 heteroatoms. The second kappa shape index (κ2) is 21.9. The fourth-order valence-electron chi connectivity index (χ4n) is 16.5. The number of hydrogen-bond acceptors (Lipinski definition) is 2. The number of anilines is 6. The summed E-state index contributed by atoms with van der Waals surface area (Å²) in [5.74, 6) is 0.258. The molecule has 0 N–H and O–H groups in total. The van der Waals surface area contributed by atoms with Gasteiger partial charge in [0.15, 0.2) is 5.69 Å². The molecule has 0 amide bonds. The average molecular weight is 1190 g/mol. The number of fused-ring (bicyclic) bond motifs is 7. The fraction of sp³-hybridized carbons (Fsp3) is 0.161. The van der Waals surface area contributed by atoms with E-state index in [1.807, 2.05) is 6.07 Å². The zero-order valence-electron chi connectivity index (χ0n) is 53.5. The first-order valence-electron chi connectivity index (χ1n) is 32.7. The van der Waals surface area contributed by atoms with Crippen molar-refractivity contribution < 1.29 is 0 Å². The lowest BCUT2D eigenvalue weighted by molar-refractivity contribution is 0.0969. The minimum atomic E-state index is -0.188. The molecule has 1 fully saturated rings. The van der Waals surface area contributed by atoms with Gasteiger partial charge in [0.05, 0.1) is 29.0 Å². The third kappa shape index (κ3) is 9.66. The van der Waals surface area contributed by atoms with Gasteiger partial charge in [-0.1, -0.05) is 267 Å². The Labute approximate surface area is 542 Å². The largest absolute Gasteiger partial charge is 0.310 e. The van der Waals surface area contributed by atoms with E-state index in [0.29, 0.717) is 5.69 Å². The van der Waals surface area contributed by atoms with Crippen LogP contribution < -0.4 is 26.2 Å². The maximum absolute atomic E-state index is 8.22. The van der Waals surface area contributed by atoms with Crippen molar-refractivity contribution in [3.8, 4) is 61.3 Å². The first kappa shape index (κ1) is 56.8. The van der Waals surface area contributed by atoms with Crippen molar-refractivity contribution in [1.29, 1.82) is 0 Å². The van der Waals surface area contributed by atoms with Crippen LogP contribution in [0.4, 0.5) is 39.8 Å². The van der Waals surface area contributed by atoms with Crippen LogP contribution in [0, 0.1) is 17.4 Å². The summed E-state index contributed by atoms with van der Waals surface area (Å²) < 4.78 is 2.46. The lowest BCUT2D eigenvalue weighted by Gasteiger charge is -2.48. The van der Waals surface area contributed by atoms with E-state index in [1.54, 1.807) is 0 Å². The molecule has 16 rings (SSSR count). The van der Waals surface area contributed by atoms with Crippen LogP contribution in [0.3, 0.4) is 0 Å². The van der Waals surface area contributed by atoms with Crippen LogP contribution in [0.5, 0.6) is 0 Å². The monoisotopic (exact) mass is 1180 g/mol. The van der Waals surface area contributed by atoms with Crippen molar-refractivity contribution in [1.82, 2.24) is 4.57 Å². The van der Waals surface area contributed by atoms with Crippen LogP contribution in [0.25, 0.3) is 88.0 Å². The molecule has 2 aliphatic heterocycles. The number of hydrogen-bond donors (Lipinski definition) is 0. The van der Waals surface area contributed by atoms with Gasteiger partial charge in [0.2, 0.25) is 0 Å². The Morgan fingerprint density at radius 2 is 0.848 bits per heavy atom. The third-order valence-electron chi connectivity index (χ3n) is 20.1. The lowest BCUT2D eigenvalue weighted by atomic mass is 9.33. The quantitative estimate of drug-likeness (QED) is 0.106. The number of aromatic nitrogens is 1. The summed E-state index contributed by atoms with van der Waals surface area (Å²) in [6.45, 7) is 24.9. The molecule has 12 aromatic carbocycles. The Morgan fingerprint density at radius 1 is 0.413 bits per heavy atom. The molecule has 0 bridgehead atoms. The van der Waals surface area contributed by atoms with Gasteiger partial charge in [0.1, 0.15) is 0 Å². The van der Waals surface area contributed by atoms with Crippen molar-refractivity contribution >= 4 is 84.7 Å². The predicted octanol–water partition coefficient (Wildman–Crippen LogP) is 22.4. The highest BCUT2D eigenvalue weighted by atomic mass is 15.2. The van der Waals surface area contributed by atoms with Crippen LogP contribution in [0.2, 0.25) is 0 Å². The molecule has 0 saturated heterocycles. The minimum absolute atomic E-state index is 0.0797. The van der Waals surface area contributed by atoms with Crippen molar-refractivity contribution in [2.24, 2.45) is 10.8 Å². The van der Waals surface area contributed by atoms with Gasteiger partial charge < -0.3 is 14.4 Å². The Balaban J connectivity index is 1.08. The third-order valence-corrected chi connectivity index (χ3v) is 20.1. The maximum Gasteiger partial charge on any atom is 0.252 e. The van der Waals surface area contributed by atoms with Gasteiger partial charge >= 0.3 is 0 Å². The number of nitrogens with zero attached hydrogens (tertiary/aromatic N) is 4. The standard InChI is InChI=1S/C87H73BN4/c1-85(2,3)65-41-46-76-72(51-65)73-52-66(89-8)42-47-77(73)90(76)67-43-45-75-79(53-67)92(84-70(60-32-20-12-21-33-60)38-25-39-71(84)61-34-22-13-23-35-61)81-50-63(64-54-86(4,5)56-87(6,7)55-64)49-80-82(81)88(75)74-44-40-62(57-26-14-9-15-27-57)48-78(74)91(80)83-68(58-28-16-10-17-29-58)36-24-37-69(83)59-30-18-11-19-31-59/h9-53,64H,54-56H2,1-7H3. The Bertz CT molecular complexity index is 4940. The summed E-state index contributed by atoms with van der Waals surface area (Å²) in [5, 5.41) is 2.22. The van der Waals surface area contributed by atoms with Crippen LogP contribution in [0.15, 0.2) is 273 Å². The van der Waals surface area contributed by atoms with Crippen LogP contribution in [0.1, 0.15) is 84.8 Å². The Kier molecular flexibility index (Phi) is 13.5. The molecule has 1 aromatic heterocycles. The molecule has 1 saturated carbocycles. The van der Waals surface area contributed by atoms with E-state index in [1.165, 1.54) is 66.8 Å². The van der Waals surface area contributed by atoms with Crippen LogP contribution in [-0.4, -0.2) is 11.3 Å². The molecule has 3 aliphatic rings. The maximum atomic E-state index is 8.22. The van der Waals surface area contributed by atoms with E-state index < -0.39 is 0 Å². The zero-order valence-corrected chi connectivity index (χ0v) is 53.5. The van der Waals surface area contributed by atoms with Gasteiger partial charge in [-0.2, -0.15) is 0 Å². The highest BCUT2D eigenvalue weighted by molar-refractivity contribution is 7.00. The van der Waals surface area contributed by atoms with E-state index in [2.05, 4.69) is 335 Å². The average Bonchev–Trinajstić information content (AvgIpc) is 0.818. The predicted molar refractivity (Wildman–Crippen MR) is 391 cm³/mol. The smallest absolute Gasteiger partial charge is 0.252 e. The van der Waals surface area contributed by atoms with E-state index >= 15 is 0 Å². The molecule has 92 heavy (non-hydrogen) atoms. The first-order valence-corrected chi connectivity index (χ1v) is 32.7.